The Labute approximate surface area is 96.5 Å². The molecule has 0 bridgehead atoms. The number of nitrogens with one attached hydrogen (secondary N) is 1. The lowest BCUT2D eigenvalue weighted by molar-refractivity contribution is 0.0940. The third-order valence-electron chi connectivity index (χ3n) is 2.35. The van der Waals surface area contributed by atoms with E-state index in [0.717, 1.165) is 5.56 Å². The van der Waals surface area contributed by atoms with Gasteiger partial charge in [0.1, 0.15) is 5.75 Å². The fourth-order valence-corrected chi connectivity index (χ4v) is 1.44. The van der Waals surface area contributed by atoms with Crippen LogP contribution in [0.1, 0.15) is 49.5 Å². The number of phenolic OH excluding ortho intramolecular Hbond substituents is 1. The van der Waals surface area contributed by atoms with Crippen molar-refractivity contribution in [2.75, 3.05) is 0 Å². The normalized spacial score (nSPS) is 10.9. The molecule has 0 saturated carbocycles. The standard InChI is InChI=1S/C13H19NO2/c1-8(2)10-5-6-11(12(15)7-10)13(16)14-9(3)4/h5-9,15H,1-4H3,(H,14,16). The number of amides is 1. The molecular formula is C13H19NO2. The molecule has 0 saturated heterocycles. The first-order valence-electron chi connectivity index (χ1n) is 5.55. The van der Waals surface area contributed by atoms with Gasteiger partial charge in [-0.3, -0.25) is 4.79 Å². The van der Waals surface area contributed by atoms with E-state index in [9.17, 15) is 9.90 Å². The molecule has 3 nitrogen and oxygen atoms in total. The molecule has 88 valence electrons. The quantitative estimate of drug-likeness (QED) is 0.824. The zero-order valence-corrected chi connectivity index (χ0v) is 10.2. The van der Waals surface area contributed by atoms with Crippen molar-refractivity contribution in [2.24, 2.45) is 0 Å². The summed E-state index contributed by atoms with van der Waals surface area (Å²) in [5, 5.41) is 12.5. The summed E-state index contributed by atoms with van der Waals surface area (Å²) in [5.74, 6) is 0.153. The summed E-state index contributed by atoms with van der Waals surface area (Å²) in [7, 11) is 0. The van der Waals surface area contributed by atoms with E-state index in [2.05, 4.69) is 5.32 Å². The number of phenols is 1. The topological polar surface area (TPSA) is 49.3 Å². The number of hydrogen-bond acceptors (Lipinski definition) is 2. The number of carbonyl (C=O) groups is 1. The van der Waals surface area contributed by atoms with Crippen LogP contribution in [0, 0.1) is 0 Å². The van der Waals surface area contributed by atoms with Crippen molar-refractivity contribution in [1.82, 2.24) is 5.32 Å². The highest BCUT2D eigenvalue weighted by molar-refractivity contribution is 5.97. The predicted molar refractivity (Wildman–Crippen MR) is 64.8 cm³/mol. The highest BCUT2D eigenvalue weighted by atomic mass is 16.3. The summed E-state index contributed by atoms with van der Waals surface area (Å²) in [6.07, 6.45) is 0. The molecule has 1 rings (SSSR count). The summed E-state index contributed by atoms with van der Waals surface area (Å²) >= 11 is 0. The van der Waals surface area contributed by atoms with Gasteiger partial charge in [-0.1, -0.05) is 19.9 Å². The molecule has 0 spiro atoms. The third-order valence-corrected chi connectivity index (χ3v) is 2.35. The average molecular weight is 221 g/mol. The van der Waals surface area contributed by atoms with Gasteiger partial charge in [0, 0.05) is 6.04 Å². The molecular weight excluding hydrogens is 202 g/mol. The van der Waals surface area contributed by atoms with Gasteiger partial charge in [0.2, 0.25) is 0 Å². The smallest absolute Gasteiger partial charge is 0.255 e. The molecule has 1 aromatic carbocycles. The minimum absolute atomic E-state index is 0.0457. The second-order valence-electron chi connectivity index (χ2n) is 4.56. The summed E-state index contributed by atoms with van der Waals surface area (Å²) < 4.78 is 0. The minimum Gasteiger partial charge on any atom is -0.507 e. The Balaban J connectivity index is 2.95. The lowest BCUT2D eigenvalue weighted by Crippen LogP contribution is -2.30. The van der Waals surface area contributed by atoms with E-state index in [1.165, 1.54) is 0 Å². The maximum absolute atomic E-state index is 11.7. The van der Waals surface area contributed by atoms with Crippen LogP contribution in [0.3, 0.4) is 0 Å². The van der Waals surface area contributed by atoms with Gasteiger partial charge in [0.25, 0.3) is 5.91 Å². The Morgan fingerprint density at radius 2 is 1.88 bits per heavy atom. The SMILES string of the molecule is CC(C)NC(=O)c1ccc(C(C)C)cc1O. The highest BCUT2D eigenvalue weighted by Gasteiger charge is 2.13. The predicted octanol–water partition coefficient (Wildman–Crippen LogP) is 2.65. The van der Waals surface area contributed by atoms with E-state index in [-0.39, 0.29) is 17.7 Å². The van der Waals surface area contributed by atoms with Crippen molar-refractivity contribution in [3.05, 3.63) is 29.3 Å². The van der Waals surface area contributed by atoms with Gasteiger partial charge in [0.15, 0.2) is 0 Å². The highest BCUT2D eigenvalue weighted by Crippen LogP contribution is 2.23. The van der Waals surface area contributed by atoms with Crippen molar-refractivity contribution >= 4 is 5.91 Å². The van der Waals surface area contributed by atoms with Gasteiger partial charge in [-0.05, 0) is 37.5 Å². The van der Waals surface area contributed by atoms with Crippen LogP contribution in [-0.2, 0) is 0 Å². The number of aromatic hydroxyl groups is 1. The van der Waals surface area contributed by atoms with Gasteiger partial charge in [-0.25, -0.2) is 0 Å². The molecule has 1 amide bonds. The van der Waals surface area contributed by atoms with Gasteiger partial charge in [-0.2, -0.15) is 0 Å². The van der Waals surface area contributed by atoms with Crippen LogP contribution in [0.25, 0.3) is 0 Å². The van der Waals surface area contributed by atoms with Crippen molar-refractivity contribution in [3.8, 4) is 5.75 Å². The largest absolute Gasteiger partial charge is 0.507 e. The molecule has 0 aliphatic carbocycles. The van der Waals surface area contributed by atoms with Crippen molar-refractivity contribution in [1.29, 1.82) is 0 Å². The zero-order valence-electron chi connectivity index (χ0n) is 10.2. The van der Waals surface area contributed by atoms with E-state index >= 15 is 0 Å². The molecule has 2 N–H and O–H groups in total. The molecule has 0 heterocycles. The summed E-state index contributed by atoms with van der Waals surface area (Å²) in [5.41, 5.74) is 1.36. The van der Waals surface area contributed by atoms with Gasteiger partial charge < -0.3 is 10.4 Å². The fourth-order valence-electron chi connectivity index (χ4n) is 1.44. The molecule has 0 radical (unpaired) electrons. The van der Waals surface area contributed by atoms with Crippen molar-refractivity contribution < 1.29 is 9.90 Å². The van der Waals surface area contributed by atoms with Crippen LogP contribution in [-0.4, -0.2) is 17.1 Å². The molecule has 0 aromatic heterocycles. The van der Waals surface area contributed by atoms with E-state index < -0.39 is 0 Å². The first-order chi connectivity index (χ1) is 7.41. The van der Waals surface area contributed by atoms with Crippen LogP contribution in [0.5, 0.6) is 5.75 Å². The maximum Gasteiger partial charge on any atom is 0.255 e. The second kappa shape index (κ2) is 5.01. The van der Waals surface area contributed by atoms with Crippen LogP contribution in [0.2, 0.25) is 0 Å². The molecule has 0 unspecified atom stereocenters. The Morgan fingerprint density at radius 3 is 2.31 bits per heavy atom. The maximum atomic E-state index is 11.7. The lowest BCUT2D eigenvalue weighted by Gasteiger charge is -2.11. The average Bonchev–Trinajstić information content (AvgIpc) is 2.15. The Morgan fingerprint density at radius 1 is 1.25 bits per heavy atom. The summed E-state index contributed by atoms with van der Waals surface area (Å²) in [6, 6.07) is 5.26. The molecule has 0 atom stereocenters. The van der Waals surface area contributed by atoms with E-state index in [1.54, 1.807) is 12.1 Å². The first kappa shape index (κ1) is 12.6. The Bertz CT molecular complexity index is 384. The van der Waals surface area contributed by atoms with E-state index in [4.69, 9.17) is 0 Å². The molecule has 16 heavy (non-hydrogen) atoms. The minimum atomic E-state index is -0.234. The zero-order chi connectivity index (χ0) is 12.3. The summed E-state index contributed by atoms with van der Waals surface area (Å²) in [6.45, 7) is 7.86. The number of benzene rings is 1. The van der Waals surface area contributed by atoms with Crippen LogP contribution >= 0.6 is 0 Å². The Kier molecular flexibility index (Phi) is 3.93. The van der Waals surface area contributed by atoms with Crippen molar-refractivity contribution in [2.45, 2.75) is 39.7 Å². The fraction of sp³-hybridized carbons (Fsp3) is 0.462. The van der Waals surface area contributed by atoms with Gasteiger partial charge in [-0.15, -0.1) is 0 Å². The third kappa shape index (κ3) is 2.99. The Hall–Kier alpha value is -1.51. The van der Waals surface area contributed by atoms with Crippen LogP contribution in [0.4, 0.5) is 0 Å². The van der Waals surface area contributed by atoms with E-state index in [1.807, 2.05) is 33.8 Å². The van der Waals surface area contributed by atoms with E-state index in [0.29, 0.717) is 11.5 Å². The summed E-state index contributed by atoms with van der Waals surface area (Å²) in [4.78, 5) is 11.7. The van der Waals surface area contributed by atoms with Gasteiger partial charge >= 0.3 is 0 Å². The van der Waals surface area contributed by atoms with Crippen molar-refractivity contribution in [3.63, 3.8) is 0 Å². The molecule has 1 aromatic rings. The molecule has 0 aliphatic rings. The van der Waals surface area contributed by atoms with Crippen LogP contribution in [0.15, 0.2) is 18.2 Å². The van der Waals surface area contributed by atoms with Crippen LogP contribution < -0.4 is 5.32 Å². The first-order valence-corrected chi connectivity index (χ1v) is 5.55. The molecule has 3 heteroatoms. The molecule has 0 aliphatic heterocycles. The van der Waals surface area contributed by atoms with Gasteiger partial charge in [0.05, 0.1) is 5.56 Å². The second-order valence-corrected chi connectivity index (χ2v) is 4.56. The number of rotatable bonds is 3. The lowest BCUT2D eigenvalue weighted by atomic mass is 10.0. The number of hydrogen-bond donors (Lipinski definition) is 2. The number of carbonyl (C=O) groups excluding carboxylic acids is 1. The monoisotopic (exact) mass is 221 g/mol. The molecule has 0 fully saturated rings.